The first kappa shape index (κ1) is 12.1. The molecule has 1 aromatic rings. The Balaban J connectivity index is 2.94. The predicted molar refractivity (Wildman–Crippen MR) is 65.2 cm³/mol. The number of benzene rings is 1. The van der Waals surface area contributed by atoms with Crippen LogP contribution in [0.25, 0.3) is 0 Å². The van der Waals surface area contributed by atoms with Crippen molar-refractivity contribution in [2.24, 2.45) is 0 Å². The van der Waals surface area contributed by atoms with Gasteiger partial charge in [-0.2, -0.15) is 0 Å². The smallest absolute Gasteiger partial charge is 0.150 e. The molecule has 0 spiro atoms. The third kappa shape index (κ3) is 2.96. The van der Waals surface area contributed by atoms with E-state index in [-0.39, 0.29) is 0 Å². The van der Waals surface area contributed by atoms with Crippen molar-refractivity contribution in [2.45, 2.75) is 13.8 Å². The highest BCUT2D eigenvalue weighted by molar-refractivity contribution is 6.18. The Bertz CT molecular complexity index is 338. The van der Waals surface area contributed by atoms with Gasteiger partial charge in [-0.3, -0.25) is 4.79 Å². The number of hydrogen-bond acceptors (Lipinski definition) is 2. The number of anilines is 1. The number of carbonyl (C=O) groups excluding carboxylic acids is 1. The van der Waals surface area contributed by atoms with Crippen LogP contribution in [0.5, 0.6) is 0 Å². The fourth-order valence-corrected chi connectivity index (χ4v) is 1.76. The van der Waals surface area contributed by atoms with E-state index in [1.807, 2.05) is 25.1 Å². The van der Waals surface area contributed by atoms with Gasteiger partial charge in [0.05, 0.1) is 0 Å². The lowest BCUT2D eigenvalue weighted by molar-refractivity contribution is 0.112. The molecule has 0 aliphatic rings. The molecule has 0 radical (unpaired) electrons. The molecule has 0 saturated heterocycles. The fraction of sp³-hybridized carbons (Fsp3) is 0.417. The molecule has 0 unspecified atom stereocenters. The van der Waals surface area contributed by atoms with Crippen molar-refractivity contribution in [1.82, 2.24) is 0 Å². The van der Waals surface area contributed by atoms with Crippen LogP contribution in [0, 0.1) is 6.92 Å². The summed E-state index contributed by atoms with van der Waals surface area (Å²) in [5, 5.41) is 0. The van der Waals surface area contributed by atoms with E-state index in [9.17, 15) is 4.79 Å². The van der Waals surface area contributed by atoms with Gasteiger partial charge in [0.15, 0.2) is 0 Å². The van der Waals surface area contributed by atoms with Gasteiger partial charge in [0.25, 0.3) is 0 Å². The second-order valence-corrected chi connectivity index (χ2v) is 3.81. The fourth-order valence-electron chi connectivity index (χ4n) is 1.56. The zero-order valence-corrected chi connectivity index (χ0v) is 9.92. The maximum atomic E-state index is 10.7. The van der Waals surface area contributed by atoms with Crippen molar-refractivity contribution in [3.8, 4) is 0 Å². The van der Waals surface area contributed by atoms with Crippen molar-refractivity contribution < 1.29 is 4.79 Å². The molecule has 0 aliphatic heterocycles. The van der Waals surface area contributed by atoms with Gasteiger partial charge in [0, 0.05) is 30.2 Å². The Labute approximate surface area is 95.8 Å². The lowest BCUT2D eigenvalue weighted by atomic mass is 10.1. The summed E-state index contributed by atoms with van der Waals surface area (Å²) >= 11 is 5.73. The molecular weight excluding hydrogens is 210 g/mol. The van der Waals surface area contributed by atoms with Gasteiger partial charge in [0.2, 0.25) is 0 Å². The molecule has 0 amide bonds. The van der Waals surface area contributed by atoms with Crippen LogP contribution < -0.4 is 4.90 Å². The van der Waals surface area contributed by atoms with Crippen molar-refractivity contribution in [2.75, 3.05) is 23.9 Å². The highest BCUT2D eigenvalue weighted by Crippen LogP contribution is 2.18. The molecule has 2 nitrogen and oxygen atoms in total. The number of aryl methyl sites for hydroxylation is 1. The molecule has 0 bridgehead atoms. The molecule has 0 N–H and O–H groups in total. The number of halogens is 1. The second kappa shape index (κ2) is 5.76. The van der Waals surface area contributed by atoms with Gasteiger partial charge < -0.3 is 4.90 Å². The third-order valence-corrected chi connectivity index (χ3v) is 2.65. The van der Waals surface area contributed by atoms with Gasteiger partial charge >= 0.3 is 0 Å². The van der Waals surface area contributed by atoms with E-state index in [1.165, 1.54) is 0 Å². The van der Waals surface area contributed by atoms with Gasteiger partial charge in [0.1, 0.15) is 6.29 Å². The van der Waals surface area contributed by atoms with Crippen LogP contribution in [0.2, 0.25) is 0 Å². The molecule has 0 aromatic heterocycles. The molecule has 3 heteroatoms. The lowest BCUT2D eigenvalue weighted by Gasteiger charge is -2.22. The molecule has 1 rings (SSSR count). The molecule has 0 aliphatic carbocycles. The standard InChI is InChI=1S/C12H16ClNO/c1-3-14(7-6-13)12-5-4-11(9-15)10(2)8-12/h4-5,8-9H,3,6-7H2,1-2H3. The minimum atomic E-state index is 0.613. The maximum Gasteiger partial charge on any atom is 0.150 e. The van der Waals surface area contributed by atoms with E-state index in [0.29, 0.717) is 5.88 Å². The number of rotatable bonds is 5. The largest absolute Gasteiger partial charge is 0.371 e. The van der Waals surface area contributed by atoms with Crippen molar-refractivity contribution >= 4 is 23.6 Å². The SMILES string of the molecule is CCN(CCCl)c1ccc(C=O)c(C)c1. The van der Waals surface area contributed by atoms with E-state index in [2.05, 4.69) is 11.8 Å². The lowest BCUT2D eigenvalue weighted by Crippen LogP contribution is -2.24. The zero-order valence-electron chi connectivity index (χ0n) is 9.16. The normalized spacial score (nSPS) is 10.1. The quantitative estimate of drug-likeness (QED) is 0.567. The highest BCUT2D eigenvalue weighted by atomic mass is 35.5. The van der Waals surface area contributed by atoms with Gasteiger partial charge in [-0.15, -0.1) is 11.6 Å². The Morgan fingerprint density at radius 3 is 2.67 bits per heavy atom. The molecule has 0 atom stereocenters. The second-order valence-electron chi connectivity index (χ2n) is 3.43. The summed E-state index contributed by atoms with van der Waals surface area (Å²) in [5.74, 6) is 0.613. The first-order valence-corrected chi connectivity index (χ1v) is 5.63. The third-order valence-electron chi connectivity index (χ3n) is 2.48. The van der Waals surface area contributed by atoms with E-state index >= 15 is 0 Å². The van der Waals surface area contributed by atoms with Crippen LogP contribution in [-0.4, -0.2) is 25.3 Å². The number of carbonyl (C=O) groups is 1. The number of hydrogen-bond donors (Lipinski definition) is 0. The Kier molecular flexibility index (Phi) is 4.63. The molecule has 0 fully saturated rings. The summed E-state index contributed by atoms with van der Waals surface area (Å²) in [6, 6.07) is 5.85. The summed E-state index contributed by atoms with van der Waals surface area (Å²) in [6.45, 7) is 5.79. The topological polar surface area (TPSA) is 20.3 Å². The molecule has 82 valence electrons. The van der Waals surface area contributed by atoms with E-state index in [1.54, 1.807) is 0 Å². The predicted octanol–water partition coefficient (Wildman–Crippen LogP) is 2.87. The van der Waals surface area contributed by atoms with E-state index in [4.69, 9.17) is 11.6 Å². The summed E-state index contributed by atoms with van der Waals surface area (Å²) < 4.78 is 0. The minimum Gasteiger partial charge on any atom is -0.371 e. The summed E-state index contributed by atoms with van der Waals surface area (Å²) in [7, 11) is 0. The van der Waals surface area contributed by atoms with E-state index in [0.717, 1.165) is 36.2 Å². The molecule has 1 aromatic carbocycles. The van der Waals surface area contributed by atoms with Crippen LogP contribution in [0.4, 0.5) is 5.69 Å². The van der Waals surface area contributed by atoms with Gasteiger partial charge in [-0.05, 0) is 37.6 Å². The van der Waals surface area contributed by atoms with Crippen LogP contribution in [0.15, 0.2) is 18.2 Å². The molecule has 0 heterocycles. The van der Waals surface area contributed by atoms with Crippen LogP contribution >= 0.6 is 11.6 Å². The Morgan fingerprint density at radius 2 is 2.20 bits per heavy atom. The molecule has 0 saturated carbocycles. The average Bonchev–Trinajstić information content (AvgIpc) is 2.25. The maximum absolute atomic E-state index is 10.7. The number of alkyl halides is 1. The summed E-state index contributed by atoms with van der Waals surface area (Å²) in [4.78, 5) is 12.9. The van der Waals surface area contributed by atoms with Crippen LogP contribution in [0.1, 0.15) is 22.8 Å². The van der Waals surface area contributed by atoms with Crippen molar-refractivity contribution in [3.05, 3.63) is 29.3 Å². The van der Waals surface area contributed by atoms with Gasteiger partial charge in [-0.1, -0.05) is 0 Å². The van der Waals surface area contributed by atoms with Gasteiger partial charge in [-0.25, -0.2) is 0 Å². The number of nitrogens with zero attached hydrogens (tertiary/aromatic N) is 1. The first-order chi connectivity index (χ1) is 7.22. The number of aldehydes is 1. The first-order valence-electron chi connectivity index (χ1n) is 5.09. The zero-order chi connectivity index (χ0) is 11.3. The molecule has 15 heavy (non-hydrogen) atoms. The molecular formula is C12H16ClNO. The van der Waals surface area contributed by atoms with Crippen molar-refractivity contribution in [3.63, 3.8) is 0 Å². The average molecular weight is 226 g/mol. The highest BCUT2D eigenvalue weighted by Gasteiger charge is 2.05. The minimum absolute atomic E-state index is 0.613. The summed E-state index contributed by atoms with van der Waals surface area (Å²) in [6.07, 6.45) is 0.886. The monoisotopic (exact) mass is 225 g/mol. The Hall–Kier alpha value is -1.02. The Morgan fingerprint density at radius 1 is 1.47 bits per heavy atom. The van der Waals surface area contributed by atoms with E-state index < -0.39 is 0 Å². The van der Waals surface area contributed by atoms with Crippen LogP contribution in [0.3, 0.4) is 0 Å². The van der Waals surface area contributed by atoms with Crippen LogP contribution in [-0.2, 0) is 0 Å². The van der Waals surface area contributed by atoms with Crippen molar-refractivity contribution in [1.29, 1.82) is 0 Å². The summed E-state index contributed by atoms with van der Waals surface area (Å²) in [5.41, 5.74) is 2.89.